The lowest BCUT2D eigenvalue weighted by molar-refractivity contribution is 0.0942. The molecule has 2 heterocycles. The molecule has 26 heavy (non-hydrogen) atoms. The summed E-state index contributed by atoms with van der Waals surface area (Å²) < 4.78 is 7.02. The number of nitrogens with zero attached hydrogens (tertiary/aromatic N) is 3. The van der Waals surface area contributed by atoms with Gasteiger partial charge >= 0.3 is 0 Å². The number of hydrogen-bond acceptors (Lipinski definition) is 5. The second kappa shape index (κ2) is 8.14. The van der Waals surface area contributed by atoms with Crippen molar-refractivity contribution in [2.24, 2.45) is 7.05 Å². The van der Waals surface area contributed by atoms with Gasteiger partial charge in [0.25, 0.3) is 5.91 Å². The van der Waals surface area contributed by atoms with E-state index in [1.165, 1.54) is 0 Å². The van der Waals surface area contributed by atoms with Crippen molar-refractivity contribution >= 4 is 17.2 Å². The summed E-state index contributed by atoms with van der Waals surface area (Å²) in [7, 11) is 3.44. The maximum Gasteiger partial charge on any atom is 0.269 e. The van der Waals surface area contributed by atoms with E-state index >= 15 is 0 Å². The number of carbonyl (C=O) groups excluding carboxylic acids is 1. The van der Waals surface area contributed by atoms with Crippen molar-refractivity contribution in [1.82, 2.24) is 20.1 Å². The third-order valence-electron chi connectivity index (χ3n) is 3.98. The average molecular weight is 370 g/mol. The van der Waals surface area contributed by atoms with E-state index in [1.54, 1.807) is 36.4 Å². The molecule has 6 nitrogen and oxygen atoms in total. The fraction of sp³-hybridized carbons (Fsp3) is 0.316. The lowest BCUT2D eigenvalue weighted by Crippen LogP contribution is -2.24. The number of amides is 1. The Balaban J connectivity index is 1.67. The van der Waals surface area contributed by atoms with Crippen LogP contribution in [-0.2, 0) is 20.0 Å². The minimum absolute atomic E-state index is 0.130. The van der Waals surface area contributed by atoms with Crippen LogP contribution in [0.4, 0.5) is 0 Å². The average Bonchev–Trinajstić information content (AvgIpc) is 3.26. The van der Waals surface area contributed by atoms with Crippen LogP contribution in [0.25, 0.3) is 10.6 Å². The van der Waals surface area contributed by atoms with Gasteiger partial charge in [0.05, 0.1) is 24.9 Å². The van der Waals surface area contributed by atoms with Crippen molar-refractivity contribution in [3.8, 4) is 16.3 Å². The monoisotopic (exact) mass is 370 g/mol. The molecular weight excluding hydrogens is 348 g/mol. The molecule has 0 unspecified atom stereocenters. The molecule has 2 aromatic heterocycles. The van der Waals surface area contributed by atoms with Crippen LogP contribution < -0.4 is 10.1 Å². The SMILES string of the molecule is CCCc1cc(C(=O)NCc2cnc(-c3ccccc3OC)s2)n(C)n1. The lowest BCUT2D eigenvalue weighted by atomic mass is 10.2. The van der Waals surface area contributed by atoms with Crippen molar-refractivity contribution in [1.29, 1.82) is 0 Å². The first-order valence-corrected chi connectivity index (χ1v) is 9.33. The van der Waals surface area contributed by atoms with Crippen molar-refractivity contribution in [3.05, 3.63) is 52.8 Å². The third-order valence-corrected chi connectivity index (χ3v) is 5.01. The van der Waals surface area contributed by atoms with E-state index < -0.39 is 0 Å². The zero-order chi connectivity index (χ0) is 18.5. The van der Waals surface area contributed by atoms with Crippen molar-refractivity contribution in [2.75, 3.05) is 7.11 Å². The molecular formula is C19H22N4O2S. The Kier molecular flexibility index (Phi) is 5.68. The minimum atomic E-state index is -0.130. The highest BCUT2D eigenvalue weighted by molar-refractivity contribution is 7.15. The Morgan fingerprint density at radius 2 is 2.15 bits per heavy atom. The molecule has 0 atom stereocenters. The highest BCUT2D eigenvalue weighted by Gasteiger charge is 2.14. The molecule has 0 fully saturated rings. The molecule has 3 rings (SSSR count). The first-order valence-electron chi connectivity index (χ1n) is 8.51. The first kappa shape index (κ1) is 18.1. The molecule has 1 amide bonds. The van der Waals surface area contributed by atoms with Gasteiger partial charge in [0, 0.05) is 18.1 Å². The van der Waals surface area contributed by atoms with Gasteiger partial charge in [0.2, 0.25) is 0 Å². The summed E-state index contributed by atoms with van der Waals surface area (Å²) in [6, 6.07) is 9.62. The lowest BCUT2D eigenvalue weighted by Gasteiger charge is -2.05. The van der Waals surface area contributed by atoms with Crippen LogP contribution >= 0.6 is 11.3 Å². The molecule has 0 aliphatic heterocycles. The van der Waals surface area contributed by atoms with E-state index in [9.17, 15) is 4.79 Å². The normalized spacial score (nSPS) is 10.7. The predicted molar refractivity (Wildman–Crippen MR) is 102 cm³/mol. The van der Waals surface area contributed by atoms with Gasteiger partial charge in [-0.3, -0.25) is 9.48 Å². The fourth-order valence-electron chi connectivity index (χ4n) is 2.71. The number of thiazole rings is 1. The van der Waals surface area contributed by atoms with Crippen molar-refractivity contribution in [2.45, 2.75) is 26.3 Å². The Bertz CT molecular complexity index is 901. The molecule has 0 aliphatic carbocycles. The number of carbonyl (C=O) groups is 1. The fourth-order valence-corrected chi connectivity index (χ4v) is 3.59. The summed E-state index contributed by atoms with van der Waals surface area (Å²) >= 11 is 1.54. The highest BCUT2D eigenvalue weighted by atomic mass is 32.1. The van der Waals surface area contributed by atoms with Crippen LogP contribution in [0, 0.1) is 0 Å². The van der Waals surface area contributed by atoms with Gasteiger partial charge in [-0.1, -0.05) is 25.5 Å². The van der Waals surface area contributed by atoms with Gasteiger partial charge in [0.15, 0.2) is 0 Å². The Morgan fingerprint density at radius 1 is 1.35 bits per heavy atom. The summed E-state index contributed by atoms with van der Waals surface area (Å²) in [6.07, 6.45) is 3.67. The molecule has 0 spiro atoms. The maximum atomic E-state index is 12.4. The van der Waals surface area contributed by atoms with Crippen molar-refractivity contribution in [3.63, 3.8) is 0 Å². The number of benzene rings is 1. The second-order valence-electron chi connectivity index (χ2n) is 5.91. The quantitative estimate of drug-likeness (QED) is 0.692. The molecule has 3 aromatic rings. The maximum absolute atomic E-state index is 12.4. The first-order chi connectivity index (χ1) is 12.6. The molecule has 136 valence electrons. The highest BCUT2D eigenvalue weighted by Crippen LogP contribution is 2.32. The topological polar surface area (TPSA) is 69.0 Å². The second-order valence-corrected chi connectivity index (χ2v) is 7.02. The van der Waals surface area contributed by atoms with Crippen LogP contribution in [0.1, 0.15) is 34.4 Å². The standard InChI is InChI=1S/C19H22N4O2S/c1-4-7-13-10-16(23(2)22-13)18(24)20-11-14-12-21-19(26-14)15-8-5-6-9-17(15)25-3/h5-6,8-10,12H,4,7,11H2,1-3H3,(H,20,24). The summed E-state index contributed by atoms with van der Waals surface area (Å²) in [4.78, 5) is 17.9. The van der Waals surface area contributed by atoms with Crippen LogP contribution in [0.2, 0.25) is 0 Å². The minimum Gasteiger partial charge on any atom is -0.496 e. The molecule has 0 radical (unpaired) electrons. The van der Waals surface area contributed by atoms with Gasteiger partial charge in [-0.2, -0.15) is 5.10 Å². The largest absolute Gasteiger partial charge is 0.496 e. The predicted octanol–water partition coefficient (Wildman–Crippen LogP) is 3.43. The van der Waals surface area contributed by atoms with Gasteiger partial charge in [-0.05, 0) is 24.6 Å². The van der Waals surface area contributed by atoms with Crippen LogP contribution in [0.5, 0.6) is 5.75 Å². The number of hydrogen-bond donors (Lipinski definition) is 1. The van der Waals surface area contributed by atoms with E-state index in [4.69, 9.17) is 4.74 Å². The molecule has 0 saturated carbocycles. The number of aryl methyl sites for hydroxylation is 2. The number of rotatable bonds is 7. The Labute approximate surface area is 156 Å². The zero-order valence-electron chi connectivity index (χ0n) is 15.2. The summed E-state index contributed by atoms with van der Waals surface area (Å²) in [6.45, 7) is 2.53. The van der Waals surface area contributed by atoms with Gasteiger partial charge in [-0.25, -0.2) is 4.98 Å². The molecule has 1 aromatic carbocycles. The summed E-state index contributed by atoms with van der Waals surface area (Å²) in [5.41, 5.74) is 2.47. The number of ether oxygens (including phenoxy) is 1. The summed E-state index contributed by atoms with van der Waals surface area (Å²) in [5, 5.41) is 8.19. The third kappa shape index (κ3) is 3.94. The summed E-state index contributed by atoms with van der Waals surface area (Å²) in [5.74, 6) is 0.658. The van der Waals surface area contributed by atoms with Crippen molar-refractivity contribution < 1.29 is 9.53 Å². The zero-order valence-corrected chi connectivity index (χ0v) is 16.0. The van der Waals surface area contributed by atoms with E-state index in [0.717, 1.165) is 39.7 Å². The van der Waals surface area contributed by atoms with Crippen LogP contribution in [0.15, 0.2) is 36.5 Å². The van der Waals surface area contributed by atoms with E-state index in [2.05, 4.69) is 22.3 Å². The van der Waals surface area contributed by atoms with E-state index in [0.29, 0.717) is 12.2 Å². The van der Waals surface area contributed by atoms with E-state index in [-0.39, 0.29) is 5.91 Å². The molecule has 0 aliphatic rings. The Hall–Kier alpha value is -2.67. The van der Waals surface area contributed by atoms with Crippen LogP contribution in [-0.4, -0.2) is 27.8 Å². The number of aromatic nitrogens is 3. The molecule has 1 N–H and O–H groups in total. The van der Waals surface area contributed by atoms with Crippen LogP contribution in [0.3, 0.4) is 0 Å². The Morgan fingerprint density at radius 3 is 2.92 bits per heavy atom. The van der Waals surface area contributed by atoms with E-state index in [1.807, 2.05) is 30.3 Å². The molecule has 0 saturated heterocycles. The molecule has 0 bridgehead atoms. The number of nitrogens with one attached hydrogen (secondary N) is 1. The van der Waals surface area contributed by atoms with Gasteiger partial charge < -0.3 is 10.1 Å². The van der Waals surface area contributed by atoms with Gasteiger partial charge in [0.1, 0.15) is 16.5 Å². The van der Waals surface area contributed by atoms with Gasteiger partial charge in [-0.15, -0.1) is 11.3 Å². The molecule has 7 heteroatoms. The smallest absolute Gasteiger partial charge is 0.269 e. The number of methoxy groups -OCH3 is 1. The number of para-hydroxylation sites is 1.